The van der Waals surface area contributed by atoms with Crippen LogP contribution in [-0.4, -0.2) is 75.8 Å². The first-order chi connectivity index (χ1) is 14.6. The minimum Gasteiger partial charge on any atom is -0.340 e. The third-order valence-corrected chi connectivity index (χ3v) is 5.99. The Hall–Kier alpha value is -2.80. The Balaban J connectivity index is 1.30. The molecule has 3 heterocycles. The first kappa shape index (κ1) is 20.5. The second-order valence-electron chi connectivity index (χ2n) is 8.22. The van der Waals surface area contributed by atoms with E-state index in [0.717, 1.165) is 51.3 Å². The SMILES string of the molecule is Cc1cnc(C(=O)N2CCCC(C(=O)N3CCN(Cc4ccccc4)CC3)C2)cn1. The van der Waals surface area contributed by atoms with Crippen LogP contribution in [0.2, 0.25) is 0 Å². The zero-order valence-corrected chi connectivity index (χ0v) is 17.5. The van der Waals surface area contributed by atoms with Gasteiger partial charge in [-0.25, -0.2) is 4.98 Å². The van der Waals surface area contributed by atoms with Crippen LogP contribution >= 0.6 is 0 Å². The molecule has 1 aromatic carbocycles. The fourth-order valence-corrected chi connectivity index (χ4v) is 4.25. The Morgan fingerprint density at radius 3 is 2.43 bits per heavy atom. The lowest BCUT2D eigenvalue weighted by Crippen LogP contribution is -2.52. The summed E-state index contributed by atoms with van der Waals surface area (Å²) in [6, 6.07) is 10.4. The molecule has 2 saturated heterocycles. The first-order valence-corrected chi connectivity index (χ1v) is 10.7. The highest BCUT2D eigenvalue weighted by molar-refractivity contribution is 5.92. The number of likely N-dealkylation sites (tertiary alicyclic amines) is 1. The summed E-state index contributed by atoms with van der Waals surface area (Å²) in [5.41, 5.74) is 2.44. The van der Waals surface area contributed by atoms with Crippen molar-refractivity contribution in [3.8, 4) is 0 Å². The third-order valence-electron chi connectivity index (χ3n) is 5.99. The number of aryl methyl sites for hydroxylation is 1. The van der Waals surface area contributed by atoms with E-state index < -0.39 is 0 Å². The van der Waals surface area contributed by atoms with E-state index >= 15 is 0 Å². The number of piperazine rings is 1. The van der Waals surface area contributed by atoms with Gasteiger partial charge in [-0.1, -0.05) is 30.3 Å². The summed E-state index contributed by atoms with van der Waals surface area (Å²) >= 11 is 0. The summed E-state index contributed by atoms with van der Waals surface area (Å²) < 4.78 is 0. The van der Waals surface area contributed by atoms with Gasteiger partial charge in [-0.05, 0) is 25.3 Å². The summed E-state index contributed by atoms with van der Waals surface area (Å²) in [5.74, 6) is -0.0729. The fourth-order valence-electron chi connectivity index (χ4n) is 4.25. The number of aromatic nitrogens is 2. The minimum atomic E-state index is -0.132. The van der Waals surface area contributed by atoms with Gasteiger partial charge in [0, 0.05) is 52.0 Å². The molecule has 1 atom stereocenters. The number of amides is 2. The van der Waals surface area contributed by atoms with Gasteiger partial charge in [0.25, 0.3) is 5.91 Å². The number of piperidine rings is 1. The molecule has 0 spiro atoms. The van der Waals surface area contributed by atoms with Crippen LogP contribution in [0, 0.1) is 12.8 Å². The molecule has 2 aromatic rings. The minimum absolute atomic E-state index is 0.123. The van der Waals surface area contributed by atoms with E-state index in [1.807, 2.05) is 17.9 Å². The Labute approximate surface area is 177 Å². The molecule has 2 aliphatic rings. The van der Waals surface area contributed by atoms with Crippen molar-refractivity contribution in [2.45, 2.75) is 26.3 Å². The average Bonchev–Trinajstić information content (AvgIpc) is 2.80. The molecular weight excluding hydrogens is 378 g/mol. The molecule has 2 amide bonds. The summed E-state index contributed by atoms with van der Waals surface area (Å²) in [7, 11) is 0. The van der Waals surface area contributed by atoms with E-state index in [2.05, 4.69) is 39.1 Å². The standard InChI is InChI=1S/C23H29N5O2/c1-18-14-25-21(15-24-18)23(30)28-9-5-8-20(17-28)22(29)27-12-10-26(11-13-27)16-19-6-3-2-4-7-19/h2-4,6-7,14-15,20H,5,8-13,16-17H2,1H3. The van der Waals surface area contributed by atoms with Crippen molar-refractivity contribution in [3.63, 3.8) is 0 Å². The number of hydrogen-bond donors (Lipinski definition) is 0. The molecule has 30 heavy (non-hydrogen) atoms. The molecule has 0 bridgehead atoms. The maximum Gasteiger partial charge on any atom is 0.274 e. The predicted octanol–water partition coefficient (Wildman–Crippen LogP) is 1.98. The second kappa shape index (κ2) is 9.34. The molecule has 0 N–H and O–H groups in total. The van der Waals surface area contributed by atoms with Gasteiger partial charge in [-0.3, -0.25) is 19.5 Å². The quantitative estimate of drug-likeness (QED) is 0.775. The lowest BCUT2D eigenvalue weighted by Gasteiger charge is -2.39. The molecule has 0 radical (unpaired) electrons. The fraction of sp³-hybridized carbons (Fsp3) is 0.478. The molecule has 0 aliphatic carbocycles. The molecule has 1 aromatic heterocycles. The van der Waals surface area contributed by atoms with Crippen LogP contribution < -0.4 is 0 Å². The first-order valence-electron chi connectivity index (χ1n) is 10.7. The van der Waals surface area contributed by atoms with Gasteiger partial charge >= 0.3 is 0 Å². The topological polar surface area (TPSA) is 69.6 Å². The number of carbonyl (C=O) groups is 2. The molecule has 2 aliphatic heterocycles. The van der Waals surface area contributed by atoms with Crippen molar-refractivity contribution < 1.29 is 9.59 Å². The third kappa shape index (κ3) is 4.84. The number of benzene rings is 1. The van der Waals surface area contributed by atoms with Crippen LogP contribution in [0.25, 0.3) is 0 Å². The summed E-state index contributed by atoms with van der Waals surface area (Å²) in [5, 5.41) is 0. The van der Waals surface area contributed by atoms with Gasteiger partial charge in [-0.2, -0.15) is 0 Å². The number of rotatable bonds is 4. The second-order valence-corrected chi connectivity index (χ2v) is 8.22. The largest absolute Gasteiger partial charge is 0.340 e. The van der Waals surface area contributed by atoms with Crippen molar-refractivity contribution in [3.05, 3.63) is 59.7 Å². The molecule has 4 rings (SSSR count). The maximum atomic E-state index is 13.1. The summed E-state index contributed by atoms with van der Waals surface area (Å²) in [4.78, 5) is 40.4. The molecule has 7 nitrogen and oxygen atoms in total. The van der Waals surface area contributed by atoms with Crippen LogP contribution in [0.3, 0.4) is 0 Å². The molecule has 0 saturated carbocycles. The van der Waals surface area contributed by atoms with Crippen LogP contribution in [-0.2, 0) is 11.3 Å². The monoisotopic (exact) mass is 407 g/mol. The van der Waals surface area contributed by atoms with Crippen molar-refractivity contribution in [1.29, 1.82) is 0 Å². The summed E-state index contributed by atoms with van der Waals surface area (Å²) in [6.45, 7) is 7.17. The molecule has 7 heteroatoms. The maximum absolute atomic E-state index is 13.1. The highest BCUT2D eigenvalue weighted by Crippen LogP contribution is 2.21. The van der Waals surface area contributed by atoms with Gasteiger partial charge < -0.3 is 9.80 Å². The van der Waals surface area contributed by atoms with Crippen molar-refractivity contribution in [2.24, 2.45) is 5.92 Å². The number of nitrogens with zero attached hydrogens (tertiary/aromatic N) is 5. The van der Waals surface area contributed by atoms with Gasteiger partial charge in [0.05, 0.1) is 17.8 Å². The van der Waals surface area contributed by atoms with Gasteiger partial charge in [0.1, 0.15) is 5.69 Å². The van der Waals surface area contributed by atoms with Crippen LogP contribution in [0.5, 0.6) is 0 Å². The zero-order chi connectivity index (χ0) is 20.9. The Morgan fingerprint density at radius 2 is 1.73 bits per heavy atom. The van der Waals surface area contributed by atoms with Crippen molar-refractivity contribution >= 4 is 11.8 Å². The number of hydrogen-bond acceptors (Lipinski definition) is 5. The van der Waals surface area contributed by atoms with Gasteiger partial charge in [0.2, 0.25) is 5.91 Å². The molecule has 1 unspecified atom stereocenters. The highest BCUT2D eigenvalue weighted by Gasteiger charge is 2.33. The lowest BCUT2D eigenvalue weighted by molar-refractivity contribution is -0.138. The van der Waals surface area contributed by atoms with Crippen molar-refractivity contribution in [2.75, 3.05) is 39.3 Å². The van der Waals surface area contributed by atoms with E-state index in [0.29, 0.717) is 18.8 Å². The van der Waals surface area contributed by atoms with Crippen LogP contribution in [0.4, 0.5) is 0 Å². The number of carbonyl (C=O) groups excluding carboxylic acids is 2. The Morgan fingerprint density at radius 1 is 0.967 bits per heavy atom. The zero-order valence-electron chi connectivity index (χ0n) is 17.5. The lowest BCUT2D eigenvalue weighted by atomic mass is 9.96. The molecular formula is C23H29N5O2. The van der Waals surface area contributed by atoms with E-state index in [-0.39, 0.29) is 17.7 Å². The Bertz CT molecular complexity index is 863. The Kier molecular flexibility index (Phi) is 6.38. The smallest absolute Gasteiger partial charge is 0.274 e. The van der Waals surface area contributed by atoms with E-state index in [9.17, 15) is 9.59 Å². The van der Waals surface area contributed by atoms with Crippen LogP contribution in [0.15, 0.2) is 42.7 Å². The van der Waals surface area contributed by atoms with E-state index in [1.54, 1.807) is 11.1 Å². The van der Waals surface area contributed by atoms with Gasteiger partial charge in [0.15, 0.2) is 0 Å². The summed E-state index contributed by atoms with van der Waals surface area (Å²) in [6.07, 6.45) is 4.81. The van der Waals surface area contributed by atoms with Gasteiger partial charge in [-0.15, -0.1) is 0 Å². The predicted molar refractivity (Wildman–Crippen MR) is 114 cm³/mol. The van der Waals surface area contributed by atoms with Crippen molar-refractivity contribution in [1.82, 2.24) is 24.7 Å². The average molecular weight is 408 g/mol. The van der Waals surface area contributed by atoms with Crippen LogP contribution in [0.1, 0.15) is 34.6 Å². The molecule has 158 valence electrons. The highest BCUT2D eigenvalue weighted by atomic mass is 16.2. The van der Waals surface area contributed by atoms with E-state index in [4.69, 9.17) is 0 Å². The normalized spacial score (nSPS) is 20.2. The molecule has 2 fully saturated rings. The van der Waals surface area contributed by atoms with E-state index in [1.165, 1.54) is 11.8 Å².